The second kappa shape index (κ2) is 10.7. The van der Waals surface area contributed by atoms with Gasteiger partial charge in [-0.05, 0) is 43.2 Å². The number of amides is 3. The van der Waals surface area contributed by atoms with Gasteiger partial charge in [0.05, 0.1) is 45.9 Å². The summed E-state index contributed by atoms with van der Waals surface area (Å²) >= 11 is 12.4. The number of imide groups is 1. The summed E-state index contributed by atoms with van der Waals surface area (Å²) in [4.78, 5) is 62.0. The third kappa shape index (κ3) is 5.37. The molecular formula is C24H21Cl2N3O8. The fourth-order valence-corrected chi connectivity index (χ4v) is 4.99. The topological polar surface area (TPSA) is 145 Å². The molecule has 2 aromatic rings. The Morgan fingerprint density at radius 3 is 2.19 bits per heavy atom. The third-order valence-electron chi connectivity index (χ3n) is 6.28. The van der Waals surface area contributed by atoms with E-state index in [1.165, 1.54) is 49.6 Å². The van der Waals surface area contributed by atoms with Gasteiger partial charge in [0.2, 0.25) is 11.8 Å². The van der Waals surface area contributed by atoms with Crippen LogP contribution >= 0.6 is 23.2 Å². The van der Waals surface area contributed by atoms with Crippen molar-refractivity contribution in [1.82, 2.24) is 0 Å². The van der Waals surface area contributed by atoms with Crippen LogP contribution in [0.15, 0.2) is 42.5 Å². The number of hydrogen-bond donors (Lipinski definition) is 1. The number of ether oxygens (including phenoxy) is 2. The molecule has 2 aromatic carbocycles. The molecule has 0 spiro atoms. The Balaban J connectivity index is 1.38. The van der Waals surface area contributed by atoms with E-state index in [0.29, 0.717) is 18.5 Å². The molecule has 2 fully saturated rings. The molecule has 1 aliphatic carbocycles. The highest BCUT2D eigenvalue weighted by atomic mass is 35.5. The van der Waals surface area contributed by atoms with Gasteiger partial charge < -0.3 is 14.8 Å². The number of alkyl halides is 2. The lowest BCUT2D eigenvalue weighted by atomic mass is 9.80. The number of rotatable bonds is 7. The summed E-state index contributed by atoms with van der Waals surface area (Å²) < 4.78 is 10.0. The summed E-state index contributed by atoms with van der Waals surface area (Å²) in [5.74, 6) is -3.14. The molecule has 1 heterocycles. The largest absolute Gasteiger partial charge is 0.497 e. The molecular weight excluding hydrogens is 529 g/mol. The Bertz CT molecular complexity index is 1240. The van der Waals surface area contributed by atoms with Crippen molar-refractivity contribution in [2.24, 2.45) is 11.8 Å². The maximum Gasteiger partial charge on any atom is 0.338 e. The molecule has 1 saturated carbocycles. The highest BCUT2D eigenvalue weighted by Gasteiger charge is 2.52. The molecule has 3 amide bonds. The Hall–Kier alpha value is -3.70. The van der Waals surface area contributed by atoms with Gasteiger partial charge in [0.1, 0.15) is 11.4 Å². The zero-order valence-electron chi connectivity index (χ0n) is 19.4. The Morgan fingerprint density at radius 2 is 1.65 bits per heavy atom. The van der Waals surface area contributed by atoms with E-state index in [-0.39, 0.29) is 34.5 Å². The minimum atomic E-state index is -0.843. The molecule has 11 nitrogen and oxygen atoms in total. The summed E-state index contributed by atoms with van der Waals surface area (Å²) in [6.45, 7) is -0.708. The van der Waals surface area contributed by atoms with Crippen molar-refractivity contribution >= 4 is 64.0 Å². The van der Waals surface area contributed by atoms with Crippen molar-refractivity contribution in [1.29, 1.82) is 0 Å². The number of nitrogens with zero attached hydrogens (tertiary/aromatic N) is 2. The standard InChI is InChI=1S/C24H21Cl2N3O8/c1-36-14-6-7-20(29(34)35)19(8-14)27-21(30)11-37-24(33)12-2-4-13(5-3-12)28-22(31)15-9-17(25)18(26)10-16(15)23(28)32/h2-8,15-18H,9-11H2,1H3,(H,27,30)/t15-,16-,17-,18+/m1/s1. The van der Waals surface area contributed by atoms with Gasteiger partial charge >= 0.3 is 5.97 Å². The molecule has 4 rings (SSSR count). The number of nitro benzene ring substituents is 1. The minimum absolute atomic E-state index is 0.0714. The molecule has 0 unspecified atom stereocenters. The van der Waals surface area contributed by atoms with Crippen molar-refractivity contribution in [2.75, 3.05) is 23.9 Å². The highest BCUT2D eigenvalue weighted by Crippen LogP contribution is 2.43. The van der Waals surface area contributed by atoms with E-state index in [0.717, 1.165) is 4.90 Å². The van der Waals surface area contributed by atoms with Gasteiger partial charge in [0.25, 0.3) is 11.6 Å². The van der Waals surface area contributed by atoms with Gasteiger partial charge in [-0.25, -0.2) is 4.79 Å². The number of carbonyl (C=O) groups is 4. The van der Waals surface area contributed by atoms with Crippen LogP contribution < -0.4 is 15.0 Å². The molecule has 1 saturated heterocycles. The van der Waals surface area contributed by atoms with E-state index >= 15 is 0 Å². The van der Waals surface area contributed by atoms with Crippen molar-refractivity contribution in [3.63, 3.8) is 0 Å². The number of nitrogens with one attached hydrogen (secondary N) is 1. The highest BCUT2D eigenvalue weighted by molar-refractivity contribution is 6.31. The zero-order valence-corrected chi connectivity index (χ0v) is 20.9. The monoisotopic (exact) mass is 549 g/mol. The lowest BCUT2D eigenvalue weighted by Gasteiger charge is -2.28. The molecule has 194 valence electrons. The second-order valence-corrected chi connectivity index (χ2v) is 9.66. The van der Waals surface area contributed by atoms with Crippen LogP contribution in [0.25, 0.3) is 0 Å². The molecule has 0 radical (unpaired) electrons. The van der Waals surface area contributed by atoms with Gasteiger partial charge in [0, 0.05) is 12.1 Å². The normalized spacial score (nSPS) is 22.8. The quantitative estimate of drug-likeness (QED) is 0.181. The maximum atomic E-state index is 12.9. The summed E-state index contributed by atoms with van der Waals surface area (Å²) in [6.07, 6.45) is 0.625. The molecule has 0 aromatic heterocycles. The first-order chi connectivity index (χ1) is 17.6. The number of methoxy groups -OCH3 is 1. The third-order valence-corrected chi connectivity index (χ3v) is 7.38. The Labute approximate surface area is 220 Å². The predicted octanol–water partition coefficient (Wildman–Crippen LogP) is 3.51. The van der Waals surface area contributed by atoms with E-state index < -0.39 is 46.0 Å². The molecule has 1 N–H and O–H groups in total. The van der Waals surface area contributed by atoms with Gasteiger partial charge in [-0.15, -0.1) is 23.2 Å². The zero-order chi connectivity index (χ0) is 26.9. The number of fused-ring (bicyclic) bond motifs is 1. The van der Waals surface area contributed by atoms with Crippen molar-refractivity contribution in [3.8, 4) is 5.75 Å². The predicted molar refractivity (Wildman–Crippen MR) is 133 cm³/mol. The average Bonchev–Trinajstić information content (AvgIpc) is 3.11. The minimum Gasteiger partial charge on any atom is -0.497 e. The fourth-order valence-electron chi connectivity index (χ4n) is 4.40. The second-order valence-electron chi connectivity index (χ2n) is 8.54. The van der Waals surface area contributed by atoms with Crippen LogP contribution in [-0.2, 0) is 19.1 Å². The smallest absolute Gasteiger partial charge is 0.338 e. The van der Waals surface area contributed by atoms with E-state index in [1.54, 1.807) is 0 Å². The number of anilines is 2. The number of benzene rings is 2. The van der Waals surface area contributed by atoms with Crippen molar-refractivity contribution in [2.45, 2.75) is 23.6 Å². The van der Waals surface area contributed by atoms with Crippen LogP contribution in [0.5, 0.6) is 5.75 Å². The molecule has 4 atom stereocenters. The lowest BCUT2D eigenvalue weighted by molar-refractivity contribution is -0.383. The first-order valence-electron chi connectivity index (χ1n) is 11.2. The molecule has 37 heavy (non-hydrogen) atoms. The van der Waals surface area contributed by atoms with Gasteiger partial charge in [-0.2, -0.15) is 0 Å². The SMILES string of the molecule is COc1ccc([N+](=O)[O-])c(NC(=O)COC(=O)c2ccc(N3C(=O)[C@@H]4C[C@@H](Cl)[C@@H](Cl)C[C@H]4C3=O)cc2)c1. The van der Waals surface area contributed by atoms with E-state index in [9.17, 15) is 29.3 Å². The summed E-state index contributed by atoms with van der Waals surface area (Å²) in [6, 6.07) is 9.40. The van der Waals surface area contributed by atoms with Crippen LogP contribution in [0.1, 0.15) is 23.2 Å². The first-order valence-corrected chi connectivity index (χ1v) is 12.0. The Kier molecular flexibility index (Phi) is 7.65. The molecule has 2 aliphatic rings. The molecule has 13 heteroatoms. The van der Waals surface area contributed by atoms with E-state index in [4.69, 9.17) is 32.7 Å². The first kappa shape index (κ1) is 26.4. The van der Waals surface area contributed by atoms with Crippen LogP contribution in [0.2, 0.25) is 0 Å². The number of carbonyl (C=O) groups excluding carboxylic acids is 4. The molecule has 1 aliphatic heterocycles. The van der Waals surface area contributed by atoms with Gasteiger partial charge in [0.15, 0.2) is 6.61 Å². The van der Waals surface area contributed by atoms with Crippen LogP contribution in [0, 0.1) is 22.0 Å². The summed E-state index contributed by atoms with van der Waals surface area (Å²) in [5.41, 5.74) is -0.107. The van der Waals surface area contributed by atoms with Gasteiger partial charge in [-0.3, -0.25) is 29.4 Å². The maximum absolute atomic E-state index is 12.9. The van der Waals surface area contributed by atoms with Crippen molar-refractivity contribution < 1.29 is 33.6 Å². The lowest BCUT2D eigenvalue weighted by Crippen LogP contribution is -2.34. The number of nitro groups is 1. The number of hydrogen-bond acceptors (Lipinski definition) is 8. The van der Waals surface area contributed by atoms with Crippen LogP contribution in [0.4, 0.5) is 17.1 Å². The Morgan fingerprint density at radius 1 is 1.05 bits per heavy atom. The summed E-state index contributed by atoms with van der Waals surface area (Å²) in [5, 5.41) is 12.7. The van der Waals surface area contributed by atoms with Crippen LogP contribution in [0.3, 0.4) is 0 Å². The van der Waals surface area contributed by atoms with E-state index in [1.807, 2.05) is 0 Å². The summed E-state index contributed by atoms with van der Waals surface area (Å²) in [7, 11) is 1.37. The number of halogens is 2. The average molecular weight is 550 g/mol. The fraction of sp³-hybridized carbons (Fsp3) is 0.333. The molecule has 0 bridgehead atoms. The van der Waals surface area contributed by atoms with Gasteiger partial charge in [-0.1, -0.05) is 0 Å². The van der Waals surface area contributed by atoms with Crippen molar-refractivity contribution in [3.05, 3.63) is 58.1 Å². The number of esters is 1. The van der Waals surface area contributed by atoms with E-state index in [2.05, 4.69) is 5.32 Å². The van der Waals surface area contributed by atoms with Crippen LogP contribution in [-0.4, -0.2) is 53.1 Å².